The van der Waals surface area contributed by atoms with E-state index < -0.39 is 10.0 Å². The fourth-order valence-corrected chi connectivity index (χ4v) is 3.61. The van der Waals surface area contributed by atoms with Crippen LogP contribution in [0.2, 0.25) is 0 Å². The minimum Gasteiger partial charge on any atom is -0.352 e. The van der Waals surface area contributed by atoms with Gasteiger partial charge in [0.15, 0.2) is 5.78 Å². The number of Topliss-reactive ketones (excluding diaryl/α,β-unsaturated/α-hetero) is 1. The molecule has 144 valence electrons. The Morgan fingerprint density at radius 2 is 1.59 bits per heavy atom. The molecule has 0 fully saturated rings. The van der Waals surface area contributed by atoms with Crippen molar-refractivity contribution < 1.29 is 18.0 Å². The van der Waals surface area contributed by atoms with Gasteiger partial charge in [0.25, 0.3) is 0 Å². The van der Waals surface area contributed by atoms with Crippen molar-refractivity contribution >= 4 is 21.7 Å². The van der Waals surface area contributed by atoms with Gasteiger partial charge in [-0.3, -0.25) is 9.59 Å². The molecule has 2 rings (SSSR count). The topological polar surface area (TPSA) is 83.5 Å². The van der Waals surface area contributed by atoms with Gasteiger partial charge in [-0.05, 0) is 18.6 Å². The molecule has 2 aromatic rings. The number of hydrogen-bond donors (Lipinski definition) is 1. The molecule has 0 radical (unpaired) electrons. The third-order valence-corrected chi connectivity index (χ3v) is 6.08. The zero-order valence-corrected chi connectivity index (χ0v) is 16.5. The Balaban J connectivity index is 1.95. The molecule has 0 aliphatic rings. The van der Waals surface area contributed by atoms with Crippen LogP contribution in [0, 0.1) is 6.92 Å². The average molecular weight is 388 g/mol. The molecule has 7 heteroatoms. The van der Waals surface area contributed by atoms with Crippen LogP contribution in [0.25, 0.3) is 0 Å². The lowest BCUT2D eigenvalue weighted by Crippen LogP contribution is -2.27. The Morgan fingerprint density at radius 3 is 2.22 bits per heavy atom. The van der Waals surface area contributed by atoms with Crippen LogP contribution in [0.5, 0.6) is 0 Å². The number of carbonyl (C=O) groups is 2. The molecule has 0 atom stereocenters. The van der Waals surface area contributed by atoms with Gasteiger partial charge in [0, 0.05) is 39.0 Å². The summed E-state index contributed by atoms with van der Waals surface area (Å²) in [6.45, 7) is 2.02. The number of rotatable bonds is 8. The van der Waals surface area contributed by atoms with E-state index in [2.05, 4.69) is 5.32 Å². The van der Waals surface area contributed by atoms with E-state index in [-0.39, 0.29) is 36.0 Å². The maximum absolute atomic E-state index is 12.4. The van der Waals surface area contributed by atoms with Crippen molar-refractivity contribution in [3.05, 3.63) is 65.2 Å². The second-order valence-corrected chi connectivity index (χ2v) is 8.58. The van der Waals surface area contributed by atoms with Gasteiger partial charge in [-0.15, -0.1) is 0 Å². The predicted molar refractivity (Wildman–Crippen MR) is 104 cm³/mol. The summed E-state index contributed by atoms with van der Waals surface area (Å²) >= 11 is 0. The smallest absolute Gasteiger partial charge is 0.242 e. The quantitative estimate of drug-likeness (QED) is 0.705. The highest BCUT2D eigenvalue weighted by molar-refractivity contribution is 7.89. The van der Waals surface area contributed by atoms with E-state index in [1.165, 1.54) is 20.2 Å². The van der Waals surface area contributed by atoms with Crippen LogP contribution in [0.3, 0.4) is 0 Å². The molecule has 2 aromatic carbocycles. The van der Waals surface area contributed by atoms with Gasteiger partial charge < -0.3 is 5.32 Å². The summed E-state index contributed by atoms with van der Waals surface area (Å²) in [5, 5.41) is 2.69. The summed E-state index contributed by atoms with van der Waals surface area (Å²) in [4.78, 5) is 24.4. The summed E-state index contributed by atoms with van der Waals surface area (Å²) in [5.74, 6) is -0.395. The number of hydrogen-bond acceptors (Lipinski definition) is 4. The maximum Gasteiger partial charge on any atom is 0.242 e. The Bertz CT molecular complexity index is 919. The molecule has 0 spiro atoms. The molecule has 0 bridgehead atoms. The standard InChI is InChI=1S/C20H24N2O4S/c1-15-8-10-16(11-9-15)18(23)12-13-20(24)21-14-17-6-4-5-7-19(17)27(25,26)22(2)3/h4-11H,12-14H2,1-3H3,(H,21,24). The number of ketones is 1. The summed E-state index contributed by atoms with van der Waals surface area (Å²) in [6, 6.07) is 13.7. The van der Waals surface area contributed by atoms with E-state index >= 15 is 0 Å². The van der Waals surface area contributed by atoms with Gasteiger partial charge >= 0.3 is 0 Å². The number of nitrogens with one attached hydrogen (secondary N) is 1. The molecule has 0 heterocycles. The molecule has 0 saturated heterocycles. The molecule has 27 heavy (non-hydrogen) atoms. The van der Waals surface area contributed by atoms with Crippen molar-refractivity contribution in [1.82, 2.24) is 9.62 Å². The molecule has 0 saturated carbocycles. The number of benzene rings is 2. The highest BCUT2D eigenvalue weighted by Gasteiger charge is 2.20. The van der Waals surface area contributed by atoms with Crippen molar-refractivity contribution in [2.24, 2.45) is 0 Å². The van der Waals surface area contributed by atoms with E-state index in [0.717, 1.165) is 9.87 Å². The first-order valence-corrected chi connectivity index (χ1v) is 10.0. The van der Waals surface area contributed by atoms with Gasteiger partial charge in [-0.2, -0.15) is 0 Å². The molecular weight excluding hydrogens is 364 g/mol. The second-order valence-electron chi connectivity index (χ2n) is 6.46. The van der Waals surface area contributed by atoms with E-state index in [1.807, 2.05) is 19.1 Å². The van der Waals surface area contributed by atoms with E-state index in [4.69, 9.17) is 0 Å². The van der Waals surface area contributed by atoms with Gasteiger partial charge in [-0.1, -0.05) is 48.0 Å². The second kappa shape index (κ2) is 8.92. The lowest BCUT2D eigenvalue weighted by molar-refractivity contribution is -0.121. The molecule has 6 nitrogen and oxygen atoms in total. The number of carbonyl (C=O) groups excluding carboxylic acids is 2. The van der Waals surface area contributed by atoms with Crippen molar-refractivity contribution in [3.8, 4) is 0 Å². The average Bonchev–Trinajstić information content (AvgIpc) is 2.65. The largest absolute Gasteiger partial charge is 0.352 e. The summed E-state index contributed by atoms with van der Waals surface area (Å²) in [7, 11) is -0.673. The van der Waals surface area contributed by atoms with Crippen molar-refractivity contribution in [1.29, 1.82) is 0 Å². The maximum atomic E-state index is 12.4. The lowest BCUT2D eigenvalue weighted by Gasteiger charge is -2.15. The van der Waals surface area contributed by atoms with Crippen LogP contribution in [-0.4, -0.2) is 38.5 Å². The Morgan fingerprint density at radius 1 is 0.963 bits per heavy atom. The van der Waals surface area contributed by atoms with Crippen molar-refractivity contribution in [2.75, 3.05) is 14.1 Å². The monoisotopic (exact) mass is 388 g/mol. The van der Waals surface area contributed by atoms with Gasteiger partial charge in [0.1, 0.15) is 0 Å². The third kappa shape index (κ3) is 5.48. The molecule has 1 N–H and O–H groups in total. The zero-order chi connectivity index (χ0) is 20.0. The minimum absolute atomic E-state index is 0.0509. The normalized spacial score (nSPS) is 11.4. The van der Waals surface area contributed by atoms with Crippen LogP contribution in [-0.2, 0) is 21.4 Å². The third-order valence-electron chi connectivity index (χ3n) is 4.16. The van der Waals surface area contributed by atoms with Gasteiger partial charge in [-0.25, -0.2) is 12.7 Å². The van der Waals surface area contributed by atoms with E-state index in [9.17, 15) is 18.0 Å². The van der Waals surface area contributed by atoms with E-state index in [0.29, 0.717) is 11.1 Å². The Labute approximate surface area is 160 Å². The zero-order valence-electron chi connectivity index (χ0n) is 15.7. The molecule has 0 unspecified atom stereocenters. The Kier molecular flexibility index (Phi) is 6.87. The SMILES string of the molecule is Cc1ccc(C(=O)CCC(=O)NCc2ccccc2S(=O)(=O)N(C)C)cc1. The number of amides is 1. The molecule has 0 aromatic heterocycles. The highest BCUT2D eigenvalue weighted by atomic mass is 32.2. The number of sulfonamides is 1. The van der Waals surface area contributed by atoms with Crippen LogP contribution in [0.1, 0.15) is 34.3 Å². The molecule has 1 amide bonds. The van der Waals surface area contributed by atoms with Crippen LogP contribution >= 0.6 is 0 Å². The van der Waals surface area contributed by atoms with Crippen molar-refractivity contribution in [3.63, 3.8) is 0 Å². The fourth-order valence-electron chi connectivity index (χ4n) is 2.49. The Hall–Kier alpha value is -2.51. The molecule has 0 aliphatic carbocycles. The van der Waals surface area contributed by atoms with Crippen LogP contribution < -0.4 is 5.32 Å². The molecular formula is C20H24N2O4S. The first-order chi connectivity index (χ1) is 12.7. The summed E-state index contributed by atoms with van der Waals surface area (Å²) < 4.78 is 25.9. The summed E-state index contributed by atoms with van der Waals surface area (Å²) in [5.41, 5.74) is 2.15. The first kappa shape index (κ1) is 20.8. The fraction of sp³-hybridized carbons (Fsp3) is 0.300. The van der Waals surface area contributed by atoms with Crippen LogP contribution in [0.15, 0.2) is 53.4 Å². The summed E-state index contributed by atoms with van der Waals surface area (Å²) in [6.07, 6.45) is 0.155. The minimum atomic E-state index is -3.59. The predicted octanol–water partition coefficient (Wildman–Crippen LogP) is 2.52. The van der Waals surface area contributed by atoms with Crippen LogP contribution in [0.4, 0.5) is 0 Å². The van der Waals surface area contributed by atoms with Crippen molar-refractivity contribution in [2.45, 2.75) is 31.2 Å². The number of nitrogens with zero attached hydrogens (tertiary/aromatic N) is 1. The van der Waals surface area contributed by atoms with Gasteiger partial charge in [0.05, 0.1) is 4.90 Å². The lowest BCUT2D eigenvalue weighted by atomic mass is 10.0. The van der Waals surface area contributed by atoms with Gasteiger partial charge in [0.2, 0.25) is 15.9 Å². The first-order valence-electron chi connectivity index (χ1n) is 8.59. The number of aryl methyl sites for hydroxylation is 1. The highest BCUT2D eigenvalue weighted by Crippen LogP contribution is 2.18. The van der Waals surface area contributed by atoms with E-state index in [1.54, 1.807) is 30.3 Å². The molecule has 0 aliphatic heterocycles.